The van der Waals surface area contributed by atoms with Gasteiger partial charge in [-0.1, -0.05) is 75.8 Å². The summed E-state index contributed by atoms with van der Waals surface area (Å²) in [7, 11) is 0. The van der Waals surface area contributed by atoms with E-state index in [4.69, 9.17) is 4.74 Å². The highest BCUT2D eigenvalue weighted by Crippen LogP contribution is 2.34. The molecular weight excluding hydrogens is 304 g/mol. The Morgan fingerprint density at radius 3 is 2.20 bits per heavy atom. The summed E-state index contributed by atoms with van der Waals surface area (Å²) in [5, 5.41) is 0. The van der Waals surface area contributed by atoms with Crippen molar-refractivity contribution < 1.29 is 4.74 Å². The minimum atomic E-state index is 0.291. The van der Waals surface area contributed by atoms with Crippen LogP contribution in [-0.4, -0.2) is 6.61 Å². The molecule has 1 saturated heterocycles. The smallest absolute Gasteiger partial charge is 0.0825 e. The van der Waals surface area contributed by atoms with Gasteiger partial charge in [0.05, 0.1) is 12.7 Å². The summed E-state index contributed by atoms with van der Waals surface area (Å²) in [6, 6.07) is 9.26. The van der Waals surface area contributed by atoms with E-state index in [9.17, 15) is 0 Å². The minimum Gasteiger partial charge on any atom is -0.373 e. The molecule has 1 aromatic carbocycles. The van der Waals surface area contributed by atoms with Crippen LogP contribution in [0.25, 0.3) is 0 Å². The van der Waals surface area contributed by atoms with Crippen LogP contribution in [0, 0.1) is 17.8 Å². The van der Waals surface area contributed by atoms with Crippen molar-refractivity contribution in [2.75, 3.05) is 6.61 Å². The predicted molar refractivity (Wildman–Crippen MR) is 107 cm³/mol. The van der Waals surface area contributed by atoms with Gasteiger partial charge in [-0.05, 0) is 48.6 Å². The Bertz CT molecular complexity index is 501. The van der Waals surface area contributed by atoms with Gasteiger partial charge < -0.3 is 4.74 Å². The van der Waals surface area contributed by atoms with E-state index >= 15 is 0 Å². The lowest BCUT2D eigenvalue weighted by molar-refractivity contribution is -0.00515. The lowest BCUT2D eigenvalue weighted by Crippen LogP contribution is -2.19. The first-order chi connectivity index (χ1) is 12.3. The van der Waals surface area contributed by atoms with Crippen LogP contribution in [0.5, 0.6) is 0 Å². The molecule has 2 atom stereocenters. The quantitative estimate of drug-likeness (QED) is 0.492. The topological polar surface area (TPSA) is 9.23 Å². The molecule has 1 heterocycles. The van der Waals surface area contributed by atoms with Gasteiger partial charge in [0.1, 0.15) is 0 Å². The molecule has 0 N–H and O–H groups in total. The van der Waals surface area contributed by atoms with E-state index in [1.54, 1.807) is 0 Å². The van der Waals surface area contributed by atoms with Gasteiger partial charge in [-0.2, -0.15) is 0 Å². The summed E-state index contributed by atoms with van der Waals surface area (Å²) in [4.78, 5) is 0. The van der Waals surface area contributed by atoms with Crippen LogP contribution in [0.4, 0.5) is 0 Å². The second kappa shape index (κ2) is 9.57. The van der Waals surface area contributed by atoms with E-state index in [0.29, 0.717) is 12.0 Å². The number of hydrogen-bond donors (Lipinski definition) is 0. The van der Waals surface area contributed by atoms with Gasteiger partial charge in [0, 0.05) is 5.92 Å². The third-order valence-corrected chi connectivity index (χ3v) is 6.50. The molecule has 1 heteroatoms. The molecule has 1 aliphatic carbocycles. The van der Waals surface area contributed by atoms with E-state index in [1.807, 2.05) is 6.08 Å². The molecule has 25 heavy (non-hydrogen) atoms. The average molecular weight is 341 g/mol. The lowest BCUT2D eigenvalue weighted by Gasteiger charge is -2.28. The first-order valence-corrected chi connectivity index (χ1v) is 10.6. The molecule has 0 amide bonds. The fourth-order valence-corrected chi connectivity index (χ4v) is 4.71. The fraction of sp³-hybridized carbons (Fsp3) is 0.667. The number of rotatable bonds is 7. The summed E-state index contributed by atoms with van der Waals surface area (Å²) in [5.41, 5.74) is 2.85. The minimum absolute atomic E-state index is 0.291. The second-order valence-corrected chi connectivity index (χ2v) is 8.35. The van der Waals surface area contributed by atoms with Gasteiger partial charge >= 0.3 is 0 Å². The molecule has 0 aromatic heterocycles. The summed E-state index contributed by atoms with van der Waals surface area (Å²) in [6.07, 6.45) is 16.0. The van der Waals surface area contributed by atoms with E-state index in [2.05, 4.69) is 37.8 Å². The largest absolute Gasteiger partial charge is 0.373 e. The van der Waals surface area contributed by atoms with E-state index in [-0.39, 0.29) is 0 Å². The molecule has 1 saturated carbocycles. The van der Waals surface area contributed by atoms with Gasteiger partial charge in [-0.25, -0.2) is 0 Å². The van der Waals surface area contributed by atoms with Gasteiger partial charge in [0.2, 0.25) is 0 Å². The molecule has 0 spiro atoms. The van der Waals surface area contributed by atoms with Crippen molar-refractivity contribution in [3.8, 4) is 0 Å². The summed E-state index contributed by atoms with van der Waals surface area (Å²) in [6.45, 7) is 7.04. The Balaban J connectivity index is 1.42. The van der Waals surface area contributed by atoms with Crippen LogP contribution < -0.4 is 0 Å². The van der Waals surface area contributed by atoms with Crippen molar-refractivity contribution in [3.05, 3.63) is 48.0 Å². The van der Waals surface area contributed by atoms with Crippen molar-refractivity contribution in [1.29, 1.82) is 0 Å². The van der Waals surface area contributed by atoms with Crippen LogP contribution in [0.3, 0.4) is 0 Å². The maximum Gasteiger partial charge on any atom is 0.0825 e. The van der Waals surface area contributed by atoms with Gasteiger partial charge in [-0.15, -0.1) is 6.58 Å². The van der Waals surface area contributed by atoms with Crippen LogP contribution >= 0.6 is 0 Å². The molecule has 3 rings (SSSR count). The van der Waals surface area contributed by atoms with E-state index < -0.39 is 0 Å². The third kappa shape index (κ3) is 5.45. The molecular formula is C24H36O. The number of benzene rings is 1. The molecule has 2 fully saturated rings. The van der Waals surface area contributed by atoms with Crippen LogP contribution in [0.15, 0.2) is 36.9 Å². The van der Waals surface area contributed by atoms with Crippen molar-refractivity contribution >= 4 is 0 Å². The van der Waals surface area contributed by atoms with Gasteiger partial charge in [-0.3, -0.25) is 0 Å². The summed E-state index contributed by atoms with van der Waals surface area (Å²) in [5.74, 6) is 2.53. The maximum absolute atomic E-state index is 6.02. The molecule has 138 valence electrons. The maximum atomic E-state index is 6.02. The van der Waals surface area contributed by atoms with E-state index in [0.717, 1.165) is 24.9 Å². The van der Waals surface area contributed by atoms with Crippen molar-refractivity contribution in [2.24, 2.45) is 17.8 Å². The predicted octanol–water partition coefficient (Wildman–Crippen LogP) is 6.88. The molecule has 2 unspecified atom stereocenters. The number of hydrogen-bond acceptors (Lipinski definition) is 1. The lowest BCUT2D eigenvalue weighted by atomic mass is 9.78. The Morgan fingerprint density at radius 2 is 1.64 bits per heavy atom. The molecule has 0 bridgehead atoms. The van der Waals surface area contributed by atoms with Crippen molar-refractivity contribution in [1.82, 2.24) is 0 Å². The highest BCUT2D eigenvalue weighted by molar-refractivity contribution is 5.24. The Hall–Kier alpha value is -1.08. The molecule has 1 nitrogen and oxygen atoms in total. The average Bonchev–Trinajstić information content (AvgIpc) is 2.68. The zero-order valence-electron chi connectivity index (χ0n) is 16.1. The molecule has 2 aliphatic rings. The van der Waals surface area contributed by atoms with Gasteiger partial charge in [0.15, 0.2) is 0 Å². The standard InChI is InChI=1S/C24H36O/c1-3-5-20-6-8-21(9-7-20)10-11-22-12-15-23(16-13-22)24-17-14-19(4-2)18-25-24/h4,12-13,15-16,19-21,24H,2-3,5-11,14,17-18H2,1H3. The van der Waals surface area contributed by atoms with Crippen LogP contribution in [0.2, 0.25) is 0 Å². The third-order valence-electron chi connectivity index (χ3n) is 6.50. The molecule has 1 aliphatic heterocycles. The molecule has 0 radical (unpaired) electrons. The zero-order valence-corrected chi connectivity index (χ0v) is 16.1. The number of ether oxygens (including phenoxy) is 1. The van der Waals surface area contributed by atoms with Crippen LogP contribution in [-0.2, 0) is 11.2 Å². The number of aryl methyl sites for hydroxylation is 1. The first kappa shape index (κ1) is 18.7. The normalized spacial score (nSPS) is 30.1. The fourth-order valence-electron chi connectivity index (χ4n) is 4.71. The SMILES string of the molecule is C=CC1CCC(c2ccc(CCC3CCC(CCC)CC3)cc2)OC1. The summed E-state index contributed by atoms with van der Waals surface area (Å²) < 4.78 is 6.02. The zero-order chi connectivity index (χ0) is 17.5. The Kier molecular flexibility index (Phi) is 7.16. The Morgan fingerprint density at radius 1 is 0.960 bits per heavy atom. The van der Waals surface area contributed by atoms with Crippen molar-refractivity contribution in [2.45, 2.75) is 77.2 Å². The summed E-state index contributed by atoms with van der Waals surface area (Å²) >= 11 is 0. The Labute approximate surface area is 154 Å². The van der Waals surface area contributed by atoms with Gasteiger partial charge in [0.25, 0.3) is 0 Å². The monoisotopic (exact) mass is 340 g/mol. The highest BCUT2D eigenvalue weighted by Gasteiger charge is 2.22. The second-order valence-electron chi connectivity index (χ2n) is 8.35. The first-order valence-electron chi connectivity index (χ1n) is 10.6. The molecule has 1 aromatic rings. The van der Waals surface area contributed by atoms with Crippen molar-refractivity contribution in [3.63, 3.8) is 0 Å². The van der Waals surface area contributed by atoms with Crippen LogP contribution in [0.1, 0.15) is 81.9 Å². The van der Waals surface area contributed by atoms with E-state index in [1.165, 1.54) is 68.9 Å². The highest BCUT2D eigenvalue weighted by atomic mass is 16.5.